The minimum Gasteiger partial charge on any atom is -0.489 e. The van der Waals surface area contributed by atoms with Gasteiger partial charge in [0.2, 0.25) is 0 Å². The quantitative estimate of drug-likeness (QED) is 0.717. The molecule has 0 bridgehead atoms. The zero-order chi connectivity index (χ0) is 18.1. The number of morpholine rings is 1. The predicted octanol–water partition coefficient (Wildman–Crippen LogP) is 2.75. The molecule has 1 atom stereocenters. The Morgan fingerprint density at radius 2 is 2.19 bits per heavy atom. The highest BCUT2D eigenvalue weighted by molar-refractivity contribution is 6.38. The summed E-state index contributed by atoms with van der Waals surface area (Å²) in [6.07, 6.45) is 1.25. The summed E-state index contributed by atoms with van der Waals surface area (Å²) in [7, 11) is 0. The van der Waals surface area contributed by atoms with E-state index in [1.807, 2.05) is 25.3 Å². The van der Waals surface area contributed by atoms with Gasteiger partial charge in [-0.25, -0.2) is 4.98 Å². The largest absolute Gasteiger partial charge is 0.489 e. The van der Waals surface area contributed by atoms with Crippen LogP contribution in [0.2, 0.25) is 5.02 Å². The molecule has 0 aliphatic carbocycles. The number of aliphatic hydroxyl groups excluding tert-OH is 1. The van der Waals surface area contributed by atoms with E-state index in [9.17, 15) is 5.11 Å². The Bertz CT molecular complexity index is 921. The number of hydrogen-bond acceptors (Lipinski definition) is 5. The van der Waals surface area contributed by atoms with Gasteiger partial charge < -0.3 is 19.6 Å². The number of β-amino-alcohol motifs (C(OH)–C–C–N with tert-alkyl or cyclic N) is 1. The monoisotopic (exact) mass is 375 g/mol. The molecule has 2 aromatic heterocycles. The van der Waals surface area contributed by atoms with E-state index in [0.717, 1.165) is 40.6 Å². The molecule has 3 aromatic rings. The van der Waals surface area contributed by atoms with E-state index in [1.165, 1.54) is 0 Å². The molecule has 0 radical (unpaired) electrons. The van der Waals surface area contributed by atoms with Crippen LogP contribution in [0.1, 0.15) is 5.56 Å². The molecule has 7 heteroatoms. The lowest BCUT2D eigenvalue weighted by molar-refractivity contribution is 0.00478. The lowest BCUT2D eigenvalue weighted by Gasteiger charge is -2.28. The Kier molecular flexibility index (Phi) is 5.00. The highest BCUT2D eigenvalue weighted by Gasteiger charge is 2.17. The normalized spacial score (nSPS) is 17.0. The van der Waals surface area contributed by atoms with Crippen molar-refractivity contribution in [2.75, 3.05) is 39.5 Å². The molecule has 0 amide bonds. The second-order valence-corrected chi connectivity index (χ2v) is 7.11. The third kappa shape index (κ3) is 3.50. The number of nitrogens with one attached hydrogen (secondary N) is 1. The van der Waals surface area contributed by atoms with E-state index in [2.05, 4.69) is 20.9 Å². The number of H-pyrrole nitrogens is 1. The fourth-order valence-electron chi connectivity index (χ4n) is 3.36. The van der Waals surface area contributed by atoms with Crippen LogP contribution in [0.3, 0.4) is 0 Å². The van der Waals surface area contributed by atoms with Crippen molar-refractivity contribution in [3.8, 4) is 5.75 Å². The molecule has 0 unspecified atom stereocenters. The van der Waals surface area contributed by atoms with E-state index >= 15 is 0 Å². The number of nitrogens with zero attached hydrogens (tertiary/aromatic N) is 2. The first-order valence-electron chi connectivity index (χ1n) is 8.79. The Morgan fingerprint density at radius 1 is 1.38 bits per heavy atom. The number of fused-ring (bicyclic) bond motifs is 3. The molecular weight excluding hydrogens is 354 g/mol. The molecule has 138 valence electrons. The number of pyridine rings is 1. The third-order valence-corrected chi connectivity index (χ3v) is 4.97. The zero-order valence-electron chi connectivity index (χ0n) is 14.7. The smallest absolute Gasteiger partial charge is 0.143 e. The second kappa shape index (κ2) is 7.40. The van der Waals surface area contributed by atoms with E-state index in [0.29, 0.717) is 30.5 Å². The maximum Gasteiger partial charge on any atom is 0.143 e. The minimum atomic E-state index is -0.566. The fraction of sp³-hybridized carbons (Fsp3) is 0.421. The van der Waals surface area contributed by atoms with Gasteiger partial charge in [0.25, 0.3) is 0 Å². The van der Waals surface area contributed by atoms with Crippen molar-refractivity contribution in [1.82, 2.24) is 14.9 Å². The molecule has 1 aromatic carbocycles. The standard InChI is InChI=1S/C19H22ClN3O3/c1-12-8-14-17-15(20)2-3-16(18(17)22-19(14)21-9-12)26-11-13(24)10-23-4-6-25-7-5-23/h2-3,8-9,13,24H,4-7,10-11H2,1H3,(H,21,22)/t13-/m1/s1. The molecule has 26 heavy (non-hydrogen) atoms. The molecule has 1 aliphatic rings. The number of benzene rings is 1. The van der Waals surface area contributed by atoms with Crippen molar-refractivity contribution >= 4 is 33.5 Å². The lowest BCUT2D eigenvalue weighted by Crippen LogP contribution is -2.42. The number of ether oxygens (including phenoxy) is 2. The van der Waals surface area contributed by atoms with Crippen molar-refractivity contribution in [2.45, 2.75) is 13.0 Å². The molecular formula is C19H22ClN3O3. The van der Waals surface area contributed by atoms with Gasteiger partial charge in [0.1, 0.15) is 24.1 Å². The van der Waals surface area contributed by atoms with Gasteiger partial charge in [-0.05, 0) is 30.7 Å². The maximum absolute atomic E-state index is 10.3. The number of halogens is 1. The highest BCUT2D eigenvalue weighted by Crippen LogP contribution is 2.36. The Hall–Kier alpha value is -1.86. The lowest BCUT2D eigenvalue weighted by atomic mass is 10.1. The van der Waals surface area contributed by atoms with Crippen LogP contribution < -0.4 is 4.74 Å². The van der Waals surface area contributed by atoms with Crippen molar-refractivity contribution < 1.29 is 14.6 Å². The number of hydrogen-bond donors (Lipinski definition) is 2. The van der Waals surface area contributed by atoms with Crippen molar-refractivity contribution in [3.63, 3.8) is 0 Å². The number of aryl methyl sites for hydroxylation is 1. The van der Waals surface area contributed by atoms with Gasteiger partial charge >= 0.3 is 0 Å². The molecule has 4 rings (SSSR count). The number of aliphatic hydroxyl groups is 1. The molecule has 3 heterocycles. The van der Waals surface area contributed by atoms with Gasteiger partial charge in [-0.1, -0.05) is 11.6 Å². The predicted molar refractivity (Wildman–Crippen MR) is 102 cm³/mol. The SMILES string of the molecule is Cc1cnc2[nH]c3c(OC[C@H](O)CN4CCOCC4)ccc(Cl)c3c2c1. The average Bonchev–Trinajstić information content (AvgIpc) is 3.01. The summed E-state index contributed by atoms with van der Waals surface area (Å²) in [4.78, 5) is 9.91. The molecule has 0 spiro atoms. The van der Waals surface area contributed by atoms with E-state index in [4.69, 9.17) is 21.1 Å². The van der Waals surface area contributed by atoms with Crippen LogP contribution in [0.4, 0.5) is 0 Å². The second-order valence-electron chi connectivity index (χ2n) is 6.71. The zero-order valence-corrected chi connectivity index (χ0v) is 15.4. The molecule has 6 nitrogen and oxygen atoms in total. The van der Waals surface area contributed by atoms with Crippen LogP contribution in [-0.2, 0) is 4.74 Å². The van der Waals surface area contributed by atoms with E-state index < -0.39 is 6.10 Å². The van der Waals surface area contributed by atoms with Crippen molar-refractivity contribution in [1.29, 1.82) is 0 Å². The summed E-state index contributed by atoms with van der Waals surface area (Å²) in [5.41, 5.74) is 2.66. The van der Waals surface area contributed by atoms with Crippen molar-refractivity contribution in [2.24, 2.45) is 0 Å². The van der Waals surface area contributed by atoms with E-state index in [-0.39, 0.29) is 6.61 Å². The average molecular weight is 376 g/mol. The van der Waals surface area contributed by atoms with Gasteiger partial charge in [-0.15, -0.1) is 0 Å². The Morgan fingerprint density at radius 3 is 3.00 bits per heavy atom. The minimum absolute atomic E-state index is 0.218. The summed E-state index contributed by atoms with van der Waals surface area (Å²) >= 11 is 6.42. The van der Waals surface area contributed by atoms with Crippen LogP contribution in [0.25, 0.3) is 21.9 Å². The van der Waals surface area contributed by atoms with Crippen LogP contribution >= 0.6 is 11.6 Å². The van der Waals surface area contributed by atoms with Gasteiger partial charge in [-0.2, -0.15) is 0 Å². The first-order chi connectivity index (χ1) is 12.6. The van der Waals surface area contributed by atoms with Crippen LogP contribution in [0.5, 0.6) is 5.75 Å². The summed E-state index contributed by atoms with van der Waals surface area (Å²) < 4.78 is 11.2. The topological polar surface area (TPSA) is 70.6 Å². The number of aromatic nitrogens is 2. The van der Waals surface area contributed by atoms with Crippen molar-refractivity contribution in [3.05, 3.63) is 35.0 Å². The van der Waals surface area contributed by atoms with E-state index in [1.54, 1.807) is 0 Å². The number of rotatable bonds is 5. The summed E-state index contributed by atoms with van der Waals surface area (Å²) in [6, 6.07) is 5.71. The van der Waals surface area contributed by atoms with Crippen LogP contribution in [0.15, 0.2) is 24.4 Å². The van der Waals surface area contributed by atoms with Gasteiger partial charge in [0.15, 0.2) is 0 Å². The van der Waals surface area contributed by atoms with Gasteiger partial charge in [-0.3, -0.25) is 4.90 Å². The van der Waals surface area contributed by atoms with Gasteiger partial charge in [0.05, 0.1) is 23.8 Å². The molecule has 0 saturated carbocycles. The summed E-state index contributed by atoms with van der Waals surface area (Å²) in [5, 5.41) is 12.8. The maximum atomic E-state index is 10.3. The molecule has 1 aliphatic heterocycles. The molecule has 2 N–H and O–H groups in total. The Balaban J connectivity index is 1.55. The summed E-state index contributed by atoms with van der Waals surface area (Å²) in [5.74, 6) is 0.668. The third-order valence-electron chi connectivity index (χ3n) is 4.66. The highest BCUT2D eigenvalue weighted by atomic mass is 35.5. The number of aromatic amines is 1. The first kappa shape index (κ1) is 17.5. The van der Waals surface area contributed by atoms with Gasteiger partial charge in [0, 0.05) is 36.6 Å². The first-order valence-corrected chi connectivity index (χ1v) is 9.17. The fourth-order valence-corrected chi connectivity index (χ4v) is 3.62. The van der Waals surface area contributed by atoms with Crippen LogP contribution in [-0.4, -0.2) is 65.5 Å². The Labute approximate surface area is 156 Å². The van der Waals surface area contributed by atoms with Crippen LogP contribution in [0, 0.1) is 6.92 Å². The summed E-state index contributed by atoms with van der Waals surface area (Å²) in [6.45, 7) is 5.91. The molecule has 1 fully saturated rings. The molecule has 1 saturated heterocycles.